The third-order valence-corrected chi connectivity index (χ3v) is 4.72. The number of nitriles is 1. The van der Waals surface area contributed by atoms with E-state index in [9.17, 15) is 19.6 Å². The molecular formula is C15H22N5O3+. The summed E-state index contributed by atoms with van der Waals surface area (Å²) < 4.78 is 1.92. The van der Waals surface area contributed by atoms with Crippen LogP contribution in [0.25, 0.3) is 0 Å². The number of hydrogen-bond acceptors (Lipinski definition) is 4. The molecule has 2 aliphatic heterocycles. The lowest BCUT2D eigenvalue weighted by Crippen LogP contribution is -2.60. The number of amidine groups is 1. The summed E-state index contributed by atoms with van der Waals surface area (Å²) in [5.41, 5.74) is 0. The summed E-state index contributed by atoms with van der Waals surface area (Å²) in [6, 6.07) is 1.72. The second-order valence-corrected chi connectivity index (χ2v) is 6.01. The molecule has 8 nitrogen and oxygen atoms in total. The number of amides is 4. The largest absolute Gasteiger partial charge is 0.417 e. The minimum absolute atomic E-state index is 0.0211. The zero-order valence-corrected chi connectivity index (χ0v) is 13.9. The molecule has 23 heavy (non-hydrogen) atoms. The van der Waals surface area contributed by atoms with Gasteiger partial charge in [0.2, 0.25) is 11.8 Å². The predicted octanol–water partition coefficient (Wildman–Crippen LogP) is -0.298. The molecule has 0 N–H and O–H groups in total. The first-order valence-electron chi connectivity index (χ1n) is 7.59. The summed E-state index contributed by atoms with van der Waals surface area (Å²) >= 11 is 0. The summed E-state index contributed by atoms with van der Waals surface area (Å²) in [7, 11) is 4.75. The zero-order chi connectivity index (χ0) is 17.3. The van der Waals surface area contributed by atoms with Gasteiger partial charge in [0.15, 0.2) is 0 Å². The maximum atomic E-state index is 12.2. The highest BCUT2D eigenvalue weighted by molar-refractivity contribution is 6.17. The van der Waals surface area contributed by atoms with Crippen molar-refractivity contribution in [1.82, 2.24) is 14.7 Å². The van der Waals surface area contributed by atoms with Crippen molar-refractivity contribution in [2.75, 3.05) is 34.2 Å². The van der Waals surface area contributed by atoms with Crippen molar-refractivity contribution in [2.24, 2.45) is 5.92 Å². The molecular weight excluding hydrogens is 298 g/mol. The van der Waals surface area contributed by atoms with E-state index < -0.39 is 17.9 Å². The molecule has 0 aromatic rings. The minimum atomic E-state index is -0.968. The molecule has 0 aromatic carbocycles. The van der Waals surface area contributed by atoms with Crippen molar-refractivity contribution in [1.29, 1.82) is 5.26 Å². The Morgan fingerprint density at radius 2 is 1.83 bits per heavy atom. The molecule has 1 atom stereocenters. The number of carbonyl (C=O) groups is 3. The number of carbonyl (C=O) groups excluding carboxylic acids is 3. The molecule has 2 heterocycles. The number of hydrogen-bond donors (Lipinski definition) is 0. The molecule has 0 saturated carbocycles. The van der Waals surface area contributed by atoms with E-state index in [1.807, 2.05) is 10.6 Å². The Kier molecular flexibility index (Phi) is 4.68. The van der Waals surface area contributed by atoms with Crippen molar-refractivity contribution >= 4 is 23.7 Å². The van der Waals surface area contributed by atoms with Crippen molar-refractivity contribution in [3.63, 3.8) is 0 Å². The fraction of sp³-hybridized carbons (Fsp3) is 0.667. The van der Waals surface area contributed by atoms with E-state index >= 15 is 0 Å². The van der Waals surface area contributed by atoms with Crippen LogP contribution in [0.15, 0.2) is 0 Å². The average molecular weight is 320 g/mol. The Hall–Kier alpha value is -2.43. The summed E-state index contributed by atoms with van der Waals surface area (Å²) in [5.74, 6) is -0.990. The average Bonchev–Trinajstić information content (AvgIpc) is 2.55. The van der Waals surface area contributed by atoms with E-state index in [0.29, 0.717) is 18.9 Å². The Balaban J connectivity index is 2.27. The summed E-state index contributed by atoms with van der Waals surface area (Å²) in [6.07, 6.45) is 1.48. The first kappa shape index (κ1) is 16.9. The van der Waals surface area contributed by atoms with Gasteiger partial charge in [-0.15, -0.1) is 0 Å². The number of rotatable bonds is 1. The van der Waals surface area contributed by atoms with Gasteiger partial charge in [0.1, 0.15) is 0 Å². The molecule has 4 amide bonds. The molecule has 1 unspecified atom stereocenters. The lowest BCUT2D eigenvalue weighted by Gasteiger charge is -2.34. The van der Waals surface area contributed by atoms with Gasteiger partial charge in [-0.2, -0.15) is 10.2 Å². The van der Waals surface area contributed by atoms with Crippen LogP contribution in [-0.2, 0) is 9.59 Å². The van der Waals surface area contributed by atoms with Gasteiger partial charge in [-0.3, -0.25) is 14.2 Å². The second kappa shape index (κ2) is 6.36. The summed E-state index contributed by atoms with van der Waals surface area (Å²) in [5, 5.41) is 9.36. The minimum Gasteiger partial charge on any atom is -0.343 e. The normalized spacial score (nSPS) is 25.5. The summed E-state index contributed by atoms with van der Waals surface area (Å²) in [6.45, 7) is 2.74. The Morgan fingerprint density at radius 1 is 1.26 bits per heavy atom. The monoisotopic (exact) mass is 320 g/mol. The van der Waals surface area contributed by atoms with E-state index in [0.717, 1.165) is 17.7 Å². The van der Waals surface area contributed by atoms with Gasteiger partial charge in [-0.05, 0) is 0 Å². The van der Waals surface area contributed by atoms with Crippen molar-refractivity contribution in [3.05, 3.63) is 0 Å². The van der Waals surface area contributed by atoms with E-state index in [4.69, 9.17) is 0 Å². The fourth-order valence-electron chi connectivity index (χ4n) is 3.16. The Morgan fingerprint density at radius 3 is 2.30 bits per heavy atom. The number of imide groups is 1. The molecule has 2 rings (SSSR count). The first-order valence-corrected chi connectivity index (χ1v) is 7.59. The molecule has 0 bridgehead atoms. The molecule has 2 saturated heterocycles. The van der Waals surface area contributed by atoms with Crippen LogP contribution in [0.5, 0.6) is 0 Å². The maximum Gasteiger partial charge on any atom is 0.417 e. The highest BCUT2D eigenvalue weighted by atomic mass is 16.2. The van der Waals surface area contributed by atoms with E-state index in [-0.39, 0.29) is 11.9 Å². The third kappa shape index (κ3) is 2.91. The highest BCUT2D eigenvalue weighted by Crippen LogP contribution is 2.19. The molecule has 0 aromatic heterocycles. The number of nitrogens with zero attached hydrogens (tertiary/aromatic N) is 5. The van der Waals surface area contributed by atoms with Crippen LogP contribution in [0, 0.1) is 17.2 Å². The molecule has 0 spiro atoms. The van der Waals surface area contributed by atoms with Crippen molar-refractivity contribution in [2.45, 2.75) is 25.8 Å². The van der Waals surface area contributed by atoms with Gasteiger partial charge in [-0.1, -0.05) is 0 Å². The third-order valence-electron chi connectivity index (χ3n) is 4.72. The van der Waals surface area contributed by atoms with Crippen LogP contribution in [0.2, 0.25) is 0 Å². The van der Waals surface area contributed by atoms with Gasteiger partial charge in [-0.25, -0.2) is 9.69 Å². The Labute approximate surface area is 135 Å². The number of urea groups is 1. The number of piperidine rings is 1. The molecule has 0 radical (unpaired) electrons. The van der Waals surface area contributed by atoms with E-state index in [2.05, 4.69) is 0 Å². The van der Waals surface area contributed by atoms with Gasteiger partial charge in [0.05, 0.1) is 26.2 Å². The highest BCUT2D eigenvalue weighted by Gasteiger charge is 2.48. The lowest BCUT2D eigenvalue weighted by atomic mass is 10.0. The molecule has 2 fully saturated rings. The maximum absolute atomic E-state index is 12.2. The van der Waals surface area contributed by atoms with Crippen molar-refractivity contribution in [3.8, 4) is 6.07 Å². The molecule has 0 aliphatic carbocycles. The van der Waals surface area contributed by atoms with E-state index in [1.165, 1.54) is 18.9 Å². The van der Waals surface area contributed by atoms with Gasteiger partial charge < -0.3 is 4.90 Å². The topological polar surface area (TPSA) is 87.7 Å². The van der Waals surface area contributed by atoms with E-state index in [1.54, 1.807) is 19.0 Å². The van der Waals surface area contributed by atoms with Crippen LogP contribution >= 0.6 is 0 Å². The van der Waals surface area contributed by atoms with Crippen molar-refractivity contribution < 1.29 is 19.0 Å². The van der Waals surface area contributed by atoms with Crippen LogP contribution < -0.4 is 0 Å². The molecule has 2 aliphatic rings. The van der Waals surface area contributed by atoms with Crippen LogP contribution in [0.3, 0.4) is 0 Å². The van der Waals surface area contributed by atoms with Gasteiger partial charge >= 0.3 is 6.03 Å². The lowest BCUT2D eigenvalue weighted by molar-refractivity contribution is -0.545. The predicted molar refractivity (Wildman–Crippen MR) is 81.5 cm³/mol. The van der Waals surface area contributed by atoms with Crippen LogP contribution in [0.1, 0.15) is 19.8 Å². The fourth-order valence-corrected chi connectivity index (χ4v) is 3.16. The first-order chi connectivity index (χ1) is 10.8. The van der Waals surface area contributed by atoms with Gasteiger partial charge in [0, 0.05) is 39.9 Å². The molecule has 124 valence electrons. The second-order valence-electron chi connectivity index (χ2n) is 6.01. The smallest absolute Gasteiger partial charge is 0.343 e. The molecule has 8 heteroatoms. The van der Waals surface area contributed by atoms with Crippen LogP contribution in [0.4, 0.5) is 4.79 Å². The van der Waals surface area contributed by atoms with Crippen LogP contribution in [-0.4, -0.2) is 83.2 Å². The standard InChI is InChI=1S/C15H22N5O3/c1-10(21)17(2)11-5-7-20(8-6-11)13-12(9-16)14(22)19(4)15(23)18(13)3/h11-12H,5-8H2,1-4H3/q+1. The quantitative estimate of drug-likeness (QED) is 0.621. The zero-order valence-electron chi connectivity index (χ0n) is 13.9. The SMILES string of the molecule is CC(=O)N(C)C1CC[N+](=C2C(C#N)C(=O)N(C)C(=O)N2C)CC1. The Bertz CT molecular complexity index is 611. The van der Waals surface area contributed by atoms with Gasteiger partial charge in [0.25, 0.3) is 11.7 Å². The summed E-state index contributed by atoms with van der Waals surface area (Å²) in [4.78, 5) is 39.9.